The molecule has 0 heterocycles. The Bertz CT molecular complexity index is 388. The second kappa shape index (κ2) is 7.91. The predicted octanol–water partition coefficient (Wildman–Crippen LogP) is 4.29. The average Bonchev–Trinajstić information content (AvgIpc) is 2.27. The maximum Gasteiger partial charge on any atom is 0.0410 e. The van der Waals surface area contributed by atoms with E-state index in [4.69, 9.17) is 0 Å². The minimum atomic E-state index is 0.671. The molecule has 1 rings (SSSR count). The smallest absolute Gasteiger partial charge is 0.0410 e. The van der Waals surface area contributed by atoms with Gasteiger partial charge in [0.15, 0.2) is 0 Å². The molecule has 0 fully saturated rings. The molecule has 0 aliphatic heterocycles. The molecule has 3 heteroatoms. The molecule has 1 aromatic carbocycles. The number of anilines is 1. The molecule has 0 spiro atoms. The summed E-state index contributed by atoms with van der Waals surface area (Å²) in [4.78, 5) is 2.35. The monoisotopic (exact) mass is 326 g/mol. The fraction of sp³-hybridized carbons (Fsp3) is 0.625. The van der Waals surface area contributed by atoms with Crippen molar-refractivity contribution >= 4 is 21.6 Å². The molecule has 0 radical (unpaired) electrons. The van der Waals surface area contributed by atoms with E-state index >= 15 is 0 Å². The lowest BCUT2D eigenvalue weighted by Crippen LogP contribution is -2.25. The third-order valence-corrected chi connectivity index (χ3v) is 3.45. The molecule has 19 heavy (non-hydrogen) atoms. The maximum absolute atomic E-state index is 3.57. The van der Waals surface area contributed by atoms with Crippen molar-refractivity contribution in [2.45, 2.75) is 34.2 Å². The summed E-state index contributed by atoms with van der Waals surface area (Å²) in [6, 6.07) is 6.55. The van der Waals surface area contributed by atoms with Crippen LogP contribution < -0.4 is 10.2 Å². The summed E-state index contributed by atoms with van der Waals surface area (Å²) in [5.74, 6) is 1.36. The minimum absolute atomic E-state index is 0.671. The molecular weight excluding hydrogens is 300 g/mol. The molecule has 0 bridgehead atoms. The quantitative estimate of drug-likeness (QED) is 0.804. The first kappa shape index (κ1) is 16.5. The van der Waals surface area contributed by atoms with Crippen LogP contribution in [0.15, 0.2) is 22.7 Å². The molecule has 0 aromatic heterocycles. The lowest BCUT2D eigenvalue weighted by Gasteiger charge is -2.25. The van der Waals surface area contributed by atoms with E-state index in [9.17, 15) is 0 Å². The summed E-state index contributed by atoms with van der Waals surface area (Å²) < 4.78 is 1.15. The lowest BCUT2D eigenvalue weighted by molar-refractivity contribution is 0.551. The Hall–Kier alpha value is -0.540. The Morgan fingerprint density at radius 2 is 1.84 bits per heavy atom. The van der Waals surface area contributed by atoms with Crippen LogP contribution in [0.4, 0.5) is 5.69 Å². The first-order valence-electron chi connectivity index (χ1n) is 7.10. The summed E-state index contributed by atoms with van der Waals surface area (Å²) in [7, 11) is 2.18. The second-order valence-corrected chi connectivity index (χ2v) is 6.99. The zero-order valence-corrected chi connectivity index (χ0v) is 14.4. The molecule has 2 nitrogen and oxygen atoms in total. The fourth-order valence-corrected chi connectivity index (χ4v) is 2.62. The van der Waals surface area contributed by atoms with E-state index in [1.54, 1.807) is 0 Å². The van der Waals surface area contributed by atoms with E-state index in [0.717, 1.165) is 24.1 Å². The average molecular weight is 327 g/mol. The molecule has 0 unspecified atom stereocenters. The minimum Gasteiger partial charge on any atom is -0.374 e. The third kappa shape index (κ3) is 5.96. The van der Waals surface area contributed by atoms with Gasteiger partial charge in [-0.2, -0.15) is 0 Å². The Balaban J connectivity index is 2.79. The normalized spacial score (nSPS) is 11.4. The van der Waals surface area contributed by atoms with E-state index in [2.05, 4.69) is 79.1 Å². The van der Waals surface area contributed by atoms with Gasteiger partial charge in [0.05, 0.1) is 0 Å². The molecule has 0 aliphatic carbocycles. The topological polar surface area (TPSA) is 15.3 Å². The van der Waals surface area contributed by atoms with Gasteiger partial charge in [-0.05, 0) is 42.1 Å². The van der Waals surface area contributed by atoms with Crippen LogP contribution in [0.2, 0.25) is 0 Å². The standard InChI is InChI=1S/C16H27BrN2/c1-12(2)9-18-10-14-8-15(17)6-7-16(14)19(5)11-13(3)4/h6-8,12-13,18H,9-11H2,1-5H3. The highest BCUT2D eigenvalue weighted by molar-refractivity contribution is 9.10. The SMILES string of the molecule is CC(C)CNCc1cc(Br)ccc1N(C)CC(C)C. The van der Waals surface area contributed by atoms with Crippen molar-refractivity contribution in [3.8, 4) is 0 Å². The molecule has 0 amide bonds. The molecule has 0 saturated carbocycles. The van der Waals surface area contributed by atoms with Crippen LogP contribution in [0.25, 0.3) is 0 Å². The van der Waals surface area contributed by atoms with Crippen molar-refractivity contribution in [1.29, 1.82) is 0 Å². The zero-order chi connectivity index (χ0) is 14.4. The number of hydrogen-bond acceptors (Lipinski definition) is 2. The van der Waals surface area contributed by atoms with Crippen molar-refractivity contribution in [3.05, 3.63) is 28.2 Å². The summed E-state index contributed by atoms with van der Waals surface area (Å²) >= 11 is 3.57. The summed E-state index contributed by atoms with van der Waals surface area (Å²) in [5, 5.41) is 3.53. The highest BCUT2D eigenvalue weighted by atomic mass is 79.9. The van der Waals surface area contributed by atoms with E-state index in [1.165, 1.54) is 11.3 Å². The molecule has 0 saturated heterocycles. The van der Waals surface area contributed by atoms with Crippen LogP contribution in [0.1, 0.15) is 33.3 Å². The Kier molecular flexibility index (Phi) is 6.87. The molecule has 1 aromatic rings. The first-order valence-corrected chi connectivity index (χ1v) is 7.89. The van der Waals surface area contributed by atoms with Gasteiger partial charge in [-0.15, -0.1) is 0 Å². The summed E-state index contributed by atoms with van der Waals surface area (Å²) in [6.07, 6.45) is 0. The van der Waals surface area contributed by atoms with Crippen molar-refractivity contribution in [3.63, 3.8) is 0 Å². The van der Waals surface area contributed by atoms with Gasteiger partial charge in [-0.25, -0.2) is 0 Å². The van der Waals surface area contributed by atoms with Crippen LogP contribution in [0, 0.1) is 11.8 Å². The van der Waals surface area contributed by atoms with E-state index in [-0.39, 0.29) is 0 Å². The van der Waals surface area contributed by atoms with Crippen molar-refractivity contribution in [1.82, 2.24) is 5.32 Å². The number of benzene rings is 1. The van der Waals surface area contributed by atoms with Gasteiger partial charge in [-0.1, -0.05) is 43.6 Å². The van der Waals surface area contributed by atoms with Gasteiger partial charge >= 0.3 is 0 Å². The van der Waals surface area contributed by atoms with Crippen LogP contribution in [-0.2, 0) is 6.54 Å². The number of hydrogen-bond donors (Lipinski definition) is 1. The summed E-state index contributed by atoms with van der Waals surface area (Å²) in [5.41, 5.74) is 2.69. The van der Waals surface area contributed by atoms with Crippen LogP contribution in [-0.4, -0.2) is 20.1 Å². The van der Waals surface area contributed by atoms with Crippen molar-refractivity contribution in [2.24, 2.45) is 11.8 Å². The number of halogens is 1. The lowest BCUT2D eigenvalue weighted by atomic mass is 10.1. The first-order chi connectivity index (χ1) is 8.90. The largest absolute Gasteiger partial charge is 0.374 e. The highest BCUT2D eigenvalue weighted by Crippen LogP contribution is 2.24. The zero-order valence-electron chi connectivity index (χ0n) is 12.8. The number of rotatable bonds is 7. The Morgan fingerprint density at radius 3 is 2.42 bits per heavy atom. The molecule has 0 aliphatic rings. The Labute approximate surface area is 126 Å². The van der Waals surface area contributed by atoms with Gasteiger partial charge < -0.3 is 10.2 Å². The fourth-order valence-electron chi connectivity index (χ4n) is 2.21. The molecule has 108 valence electrons. The third-order valence-electron chi connectivity index (χ3n) is 2.96. The van der Waals surface area contributed by atoms with E-state index < -0.39 is 0 Å². The second-order valence-electron chi connectivity index (χ2n) is 6.07. The number of nitrogens with one attached hydrogen (secondary N) is 1. The van der Waals surface area contributed by atoms with Crippen molar-refractivity contribution in [2.75, 3.05) is 25.0 Å². The van der Waals surface area contributed by atoms with Gasteiger partial charge in [0.25, 0.3) is 0 Å². The maximum atomic E-state index is 3.57. The molecule has 1 N–H and O–H groups in total. The van der Waals surface area contributed by atoms with Gasteiger partial charge in [0.2, 0.25) is 0 Å². The Morgan fingerprint density at radius 1 is 1.16 bits per heavy atom. The van der Waals surface area contributed by atoms with E-state index in [0.29, 0.717) is 11.8 Å². The van der Waals surface area contributed by atoms with Gasteiger partial charge in [0.1, 0.15) is 0 Å². The molecular formula is C16H27BrN2. The van der Waals surface area contributed by atoms with Gasteiger partial charge in [0, 0.05) is 30.3 Å². The van der Waals surface area contributed by atoms with E-state index in [1.807, 2.05) is 0 Å². The van der Waals surface area contributed by atoms with Crippen LogP contribution >= 0.6 is 15.9 Å². The van der Waals surface area contributed by atoms with Crippen LogP contribution in [0.3, 0.4) is 0 Å². The van der Waals surface area contributed by atoms with Crippen LogP contribution in [0.5, 0.6) is 0 Å². The summed E-state index contributed by atoms with van der Waals surface area (Å²) in [6.45, 7) is 12.0. The highest BCUT2D eigenvalue weighted by Gasteiger charge is 2.09. The molecule has 0 atom stereocenters. The van der Waals surface area contributed by atoms with Gasteiger partial charge in [-0.3, -0.25) is 0 Å². The van der Waals surface area contributed by atoms with Crippen molar-refractivity contribution < 1.29 is 0 Å². The number of nitrogens with zero attached hydrogens (tertiary/aromatic N) is 1. The predicted molar refractivity (Wildman–Crippen MR) is 88.8 cm³/mol.